The van der Waals surface area contributed by atoms with Crippen molar-refractivity contribution in [2.24, 2.45) is 5.92 Å². The maximum atomic E-state index is 12.0. The summed E-state index contributed by atoms with van der Waals surface area (Å²) >= 11 is 0. The van der Waals surface area contributed by atoms with Crippen LogP contribution in [0.1, 0.15) is 32.1 Å². The van der Waals surface area contributed by atoms with Crippen molar-refractivity contribution in [1.82, 2.24) is 9.78 Å². The molecular weight excluding hydrogens is 287 g/mol. The SMILES string of the molecule is O=C(Nc1cnn(COCC(F)(F)F)c1)C1CCCCC1. The first-order valence-electron chi connectivity index (χ1n) is 6.92. The number of rotatable bonds is 5. The Morgan fingerprint density at radius 2 is 2.10 bits per heavy atom. The highest BCUT2D eigenvalue weighted by atomic mass is 19.4. The maximum Gasteiger partial charge on any atom is 0.411 e. The molecule has 2 rings (SSSR count). The van der Waals surface area contributed by atoms with Gasteiger partial charge in [-0.1, -0.05) is 19.3 Å². The molecule has 1 aliphatic rings. The average Bonchev–Trinajstić information content (AvgIpc) is 2.86. The summed E-state index contributed by atoms with van der Waals surface area (Å²) in [5.41, 5.74) is 0.473. The Morgan fingerprint density at radius 1 is 1.38 bits per heavy atom. The number of ether oxygens (including phenoxy) is 1. The van der Waals surface area contributed by atoms with Gasteiger partial charge in [0.2, 0.25) is 5.91 Å². The Labute approximate surface area is 120 Å². The summed E-state index contributed by atoms with van der Waals surface area (Å²) in [5, 5.41) is 6.58. The van der Waals surface area contributed by atoms with Crippen molar-refractivity contribution in [3.05, 3.63) is 12.4 Å². The van der Waals surface area contributed by atoms with Gasteiger partial charge in [-0.05, 0) is 12.8 Å². The molecule has 1 aromatic heterocycles. The third-order valence-electron chi connectivity index (χ3n) is 3.37. The minimum absolute atomic E-state index is 0.0172. The Bertz CT molecular complexity index is 467. The second kappa shape index (κ2) is 6.93. The predicted octanol–water partition coefficient (Wildman–Crippen LogP) is 2.94. The lowest BCUT2D eigenvalue weighted by molar-refractivity contribution is -0.182. The van der Waals surface area contributed by atoms with Crippen LogP contribution in [0.2, 0.25) is 0 Å². The Balaban J connectivity index is 1.78. The van der Waals surface area contributed by atoms with Gasteiger partial charge in [-0.15, -0.1) is 0 Å². The molecule has 1 N–H and O–H groups in total. The van der Waals surface area contributed by atoms with Gasteiger partial charge >= 0.3 is 6.18 Å². The molecule has 0 radical (unpaired) electrons. The van der Waals surface area contributed by atoms with E-state index in [4.69, 9.17) is 0 Å². The van der Waals surface area contributed by atoms with Gasteiger partial charge in [-0.2, -0.15) is 18.3 Å². The molecule has 0 unspecified atom stereocenters. The summed E-state index contributed by atoms with van der Waals surface area (Å²) in [5.74, 6) is -0.0333. The molecule has 0 bridgehead atoms. The lowest BCUT2D eigenvalue weighted by Crippen LogP contribution is -2.24. The number of aromatic nitrogens is 2. The van der Waals surface area contributed by atoms with Gasteiger partial charge in [0, 0.05) is 5.92 Å². The summed E-state index contributed by atoms with van der Waals surface area (Å²) in [7, 11) is 0. The highest BCUT2D eigenvalue weighted by Crippen LogP contribution is 2.24. The molecule has 0 aliphatic heterocycles. The van der Waals surface area contributed by atoms with Crippen molar-refractivity contribution in [3.63, 3.8) is 0 Å². The number of nitrogens with zero attached hydrogens (tertiary/aromatic N) is 2. The van der Waals surface area contributed by atoms with Crippen molar-refractivity contribution in [2.45, 2.75) is 45.0 Å². The van der Waals surface area contributed by atoms with Crippen LogP contribution in [0.5, 0.6) is 0 Å². The molecule has 1 aromatic rings. The fraction of sp³-hybridized carbons (Fsp3) is 0.692. The van der Waals surface area contributed by atoms with Crippen LogP contribution in [0.4, 0.5) is 18.9 Å². The number of alkyl halides is 3. The first-order valence-corrected chi connectivity index (χ1v) is 6.92. The van der Waals surface area contributed by atoms with Crippen LogP contribution in [0, 0.1) is 5.92 Å². The average molecular weight is 305 g/mol. The summed E-state index contributed by atoms with van der Waals surface area (Å²) < 4.78 is 41.5. The fourth-order valence-corrected chi connectivity index (χ4v) is 2.36. The van der Waals surface area contributed by atoms with Gasteiger partial charge in [-0.25, -0.2) is 4.68 Å². The third-order valence-corrected chi connectivity index (χ3v) is 3.37. The van der Waals surface area contributed by atoms with E-state index in [1.54, 1.807) is 0 Å². The first-order chi connectivity index (χ1) is 9.94. The highest BCUT2D eigenvalue weighted by molar-refractivity contribution is 5.92. The van der Waals surface area contributed by atoms with E-state index < -0.39 is 12.8 Å². The maximum absolute atomic E-state index is 12.0. The Kier molecular flexibility index (Phi) is 5.22. The molecule has 8 heteroatoms. The minimum Gasteiger partial charge on any atom is -0.350 e. The number of halogens is 3. The van der Waals surface area contributed by atoms with Crippen LogP contribution in [-0.2, 0) is 16.3 Å². The zero-order valence-electron chi connectivity index (χ0n) is 11.5. The van der Waals surface area contributed by atoms with Gasteiger partial charge in [0.1, 0.15) is 13.3 Å². The van der Waals surface area contributed by atoms with Crippen molar-refractivity contribution < 1.29 is 22.7 Å². The van der Waals surface area contributed by atoms with Gasteiger partial charge < -0.3 is 10.1 Å². The zero-order chi connectivity index (χ0) is 15.3. The molecular formula is C13H18F3N3O2. The molecule has 5 nitrogen and oxygen atoms in total. The molecule has 21 heavy (non-hydrogen) atoms. The predicted molar refractivity (Wildman–Crippen MR) is 69.4 cm³/mol. The number of hydrogen-bond donors (Lipinski definition) is 1. The van der Waals surface area contributed by atoms with Crippen molar-refractivity contribution in [1.29, 1.82) is 0 Å². The second-order valence-corrected chi connectivity index (χ2v) is 5.19. The summed E-state index contributed by atoms with van der Waals surface area (Å²) in [4.78, 5) is 12.0. The standard InChI is InChI=1S/C13H18F3N3O2/c14-13(15,16)8-21-9-19-7-11(6-17-19)18-12(20)10-4-2-1-3-5-10/h6-7,10H,1-5,8-9H2,(H,18,20). The minimum atomic E-state index is -4.36. The number of carbonyl (C=O) groups is 1. The topological polar surface area (TPSA) is 56.2 Å². The van der Waals surface area contributed by atoms with E-state index in [1.807, 2.05) is 0 Å². The van der Waals surface area contributed by atoms with E-state index in [-0.39, 0.29) is 18.6 Å². The van der Waals surface area contributed by atoms with E-state index in [9.17, 15) is 18.0 Å². The number of anilines is 1. The van der Waals surface area contributed by atoms with Crippen molar-refractivity contribution in [2.75, 3.05) is 11.9 Å². The normalized spacial score (nSPS) is 16.9. The molecule has 1 amide bonds. The smallest absolute Gasteiger partial charge is 0.350 e. The van der Waals surface area contributed by atoms with Gasteiger partial charge in [0.15, 0.2) is 0 Å². The summed E-state index contributed by atoms with van der Waals surface area (Å²) in [6.07, 6.45) is 3.55. The summed E-state index contributed by atoms with van der Waals surface area (Å²) in [6.45, 7) is -1.63. The molecule has 1 aliphatic carbocycles. The van der Waals surface area contributed by atoms with E-state index >= 15 is 0 Å². The molecule has 0 aromatic carbocycles. The van der Waals surface area contributed by atoms with Gasteiger partial charge in [-0.3, -0.25) is 4.79 Å². The van der Waals surface area contributed by atoms with E-state index in [0.717, 1.165) is 32.1 Å². The van der Waals surface area contributed by atoms with Crippen molar-refractivity contribution >= 4 is 11.6 Å². The number of amides is 1. The molecule has 0 atom stereocenters. The van der Waals surface area contributed by atoms with Crippen LogP contribution < -0.4 is 5.32 Å². The summed E-state index contributed by atoms with van der Waals surface area (Å²) in [6, 6.07) is 0. The quantitative estimate of drug-likeness (QED) is 0.910. The molecule has 1 fully saturated rings. The van der Waals surface area contributed by atoms with Crippen LogP contribution >= 0.6 is 0 Å². The molecule has 0 saturated heterocycles. The van der Waals surface area contributed by atoms with E-state index in [0.29, 0.717) is 5.69 Å². The number of hydrogen-bond acceptors (Lipinski definition) is 3. The van der Waals surface area contributed by atoms with Gasteiger partial charge in [0.25, 0.3) is 0 Å². The van der Waals surface area contributed by atoms with Crippen LogP contribution in [-0.4, -0.2) is 28.5 Å². The van der Waals surface area contributed by atoms with E-state index in [1.165, 1.54) is 17.1 Å². The lowest BCUT2D eigenvalue weighted by Gasteiger charge is -2.20. The van der Waals surface area contributed by atoms with Crippen LogP contribution in [0.3, 0.4) is 0 Å². The van der Waals surface area contributed by atoms with Crippen LogP contribution in [0.15, 0.2) is 12.4 Å². The van der Waals surface area contributed by atoms with Crippen molar-refractivity contribution in [3.8, 4) is 0 Å². The fourth-order valence-electron chi connectivity index (χ4n) is 2.36. The highest BCUT2D eigenvalue weighted by Gasteiger charge is 2.27. The first kappa shape index (κ1) is 15.8. The third kappa shape index (κ3) is 5.37. The monoisotopic (exact) mass is 305 g/mol. The number of nitrogens with one attached hydrogen (secondary N) is 1. The molecule has 1 saturated carbocycles. The lowest BCUT2D eigenvalue weighted by atomic mass is 9.89. The zero-order valence-corrected chi connectivity index (χ0v) is 11.5. The molecule has 1 heterocycles. The largest absolute Gasteiger partial charge is 0.411 e. The van der Waals surface area contributed by atoms with Crippen LogP contribution in [0.25, 0.3) is 0 Å². The molecule has 0 spiro atoms. The van der Waals surface area contributed by atoms with E-state index in [2.05, 4.69) is 15.2 Å². The second-order valence-electron chi connectivity index (χ2n) is 5.19. The Hall–Kier alpha value is -1.57. The molecule has 118 valence electrons. The number of carbonyl (C=O) groups excluding carboxylic acids is 1. The van der Waals surface area contributed by atoms with Gasteiger partial charge in [0.05, 0.1) is 18.1 Å². The Morgan fingerprint density at radius 3 is 2.76 bits per heavy atom.